The predicted molar refractivity (Wildman–Crippen MR) is 86.5 cm³/mol. The molecular weight excluding hydrogens is 290 g/mol. The summed E-state index contributed by atoms with van der Waals surface area (Å²) in [6, 6.07) is 13.6. The van der Waals surface area contributed by atoms with Crippen LogP contribution in [0.2, 0.25) is 0 Å². The van der Waals surface area contributed by atoms with E-state index in [0.29, 0.717) is 11.1 Å². The van der Waals surface area contributed by atoms with Crippen LogP contribution in [0.3, 0.4) is 0 Å². The molecule has 4 heteroatoms. The third kappa shape index (κ3) is 2.48. The fourth-order valence-corrected chi connectivity index (χ4v) is 2.64. The molecule has 0 saturated heterocycles. The number of allylic oxidation sites excluding steroid dienone is 1. The number of imide groups is 1. The molecule has 0 fully saturated rings. The molecule has 0 aromatic heterocycles. The zero-order valence-corrected chi connectivity index (χ0v) is 12.7. The first-order chi connectivity index (χ1) is 11.1. The largest absolute Gasteiger partial charge is 0.289 e. The Hall–Kier alpha value is -3.01. The van der Waals surface area contributed by atoms with E-state index in [-0.39, 0.29) is 29.4 Å². The molecular formula is C19H15NO3. The summed E-state index contributed by atoms with van der Waals surface area (Å²) in [5.74, 6) is -1.02. The highest BCUT2D eigenvalue weighted by molar-refractivity contribution is 6.26. The van der Waals surface area contributed by atoms with Gasteiger partial charge < -0.3 is 0 Å². The Labute approximate surface area is 134 Å². The van der Waals surface area contributed by atoms with Gasteiger partial charge in [0.2, 0.25) is 0 Å². The summed E-state index contributed by atoms with van der Waals surface area (Å²) in [6.45, 7) is 2.03. The number of carbonyl (C=O) groups is 3. The second-order valence-electron chi connectivity index (χ2n) is 5.21. The lowest BCUT2D eigenvalue weighted by Crippen LogP contribution is -2.30. The lowest BCUT2D eigenvalue weighted by molar-refractivity contribution is 0.0670. The second-order valence-corrected chi connectivity index (χ2v) is 5.21. The number of nitrogens with zero attached hydrogens (tertiary/aromatic N) is 1. The Bertz CT molecular complexity index is 822. The van der Waals surface area contributed by atoms with Crippen molar-refractivity contribution in [2.75, 3.05) is 6.54 Å². The number of carbonyl (C=O) groups excluding carboxylic acids is 3. The zero-order valence-electron chi connectivity index (χ0n) is 12.7. The maximum absolute atomic E-state index is 12.7. The normalized spacial score (nSPS) is 13.7. The summed E-state index contributed by atoms with van der Waals surface area (Å²) in [5, 5.41) is 0. The number of benzene rings is 2. The molecule has 0 saturated carbocycles. The number of ketones is 1. The Morgan fingerprint density at radius 2 is 1.74 bits per heavy atom. The Morgan fingerprint density at radius 1 is 1.00 bits per heavy atom. The van der Waals surface area contributed by atoms with Crippen LogP contribution >= 0.6 is 0 Å². The van der Waals surface area contributed by atoms with Crippen molar-refractivity contribution in [3.05, 3.63) is 82.9 Å². The summed E-state index contributed by atoms with van der Waals surface area (Å²) >= 11 is 0. The van der Waals surface area contributed by atoms with Crippen LogP contribution in [0.4, 0.5) is 0 Å². The topological polar surface area (TPSA) is 54.5 Å². The average Bonchev–Trinajstić information content (AvgIpc) is 2.84. The molecule has 0 radical (unpaired) electrons. The maximum atomic E-state index is 12.7. The Balaban J connectivity index is 2.07. The molecule has 2 amide bonds. The predicted octanol–water partition coefficient (Wildman–Crippen LogP) is 3.09. The van der Waals surface area contributed by atoms with E-state index in [2.05, 4.69) is 0 Å². The van der Waals surface area contributed by atoms with Crippen molar-refractivity contribution in [1.82, 2.24) is 4.90 Å². The van der Waals surface area contributed by atoms with E-state index in [1.165, 1.54) is 0 Å². The fraction of sp³-hybridized carbons (Fsp3) is 0.105. The first kappa shape index (κ1) is 14.9. The highest BCUT2D eigenvalue weighted by Gasteiger charge is 2.37. The molecule has 1 aliphatic heterocycles. The van der Waals surface area contributed by atoms with Crippen molar-refractivity contribution in [3.8, 4) is 0 Å². The molecule has 23 heavy (non-hydrogen) atoms. The number of hydrogen-bond donors (Lipinski definition) is 0. The third-order valence-electron chi connectivity index (χ3n) is 3.80. The second kappa shape index (κ2) is 6.01. The highest BCUT2D eigenvalue weighted by Crippen LogP contribution is 2.27. The van der Waals surface area contributed by atoms with Crippen molar-refractivity contribution in [1.29, 1.82) is 0 Å². The van der Waals surface area contributed by atoms with Crippen LogP contribution in [0.25, 0.3) is 0 Å². The van der Waals surface area contributed by atoms with Crippen LogP contribution < -0.4 is 0 Å². The van der Waals surface area contributed by atoms with Gasteiger partial charge in [-0.2, -0.15) is 0 Å². The fourth-order valence-electron chi connectivity index (χ4n) is 2.64. The summed E-state index contributed by atoms with van der Waals surface area (Å²) < 4.78 is 0. The van der Waals surface area contributed by atoms with Gasteiger partial charge in [0.25, 0.3) is 11.8 Å². The van der Waals surface area contributed by atoms with Gasteiger partial charge >= 0.3 is 0 Å². The SMILES string of the molecule is CC=CCN1C(=O)c2cccc(C(=O)c3ccccc3)c2C1=O. The molecule has 114 valence electrons. The van der Waals surface area contributed by atoms with E-state index in [1.807, 2.05) is 13.0 Å². The molecule has 3 rings (SSSR count). The van der Waals surface area contributed by atoms with Gasteiger partial charge in [0.15, 0.2) is 5.78 Å². The van der Waals surface area contributed by atoms with Crippen molar-refractivity contribution in [3.63, 3.8) is 0 Å². The number of amides is 2. The van der Waals surface area contributed by atoms with Gasteiger partial charge in [-0.25, -0.2) is 0 Å². The molecule has 1 aliphatic rings. The average molecular weight is 305 g/mol. The summed E-state index contributed by atoms with van der Waals surface area (Å²) in [4.78, 5) is 38.8. The third-order valence-corrected chi connectivity index (χ3v) is 3.80. The zero-order chi connectivity index (χ0) is 16.4. The van der Waals surface area contributed by atoms with Gasteiger partial charge in [-0.15, -0.1) is 0 Å². The van der Waals surface area contributed by atoms with Gasteiger partial charge in [-0.05, 0) is 13.0 Å². The lowest BCUT2D eigenvalue weighted by atomic mass is 9.96. The van der Waals surface area contributed by atoms with Crippen LogP contribution in [0.5, 0.6) is 0 Å². The molecule has 1 heterocycles. The molecule has 2 aromatic carbocycles. The minimum Gasteiger partial charge on any atom is -0.289 e. The molecule has 2 aromatic rings. The maximum Gasteiger partial charge on any atom is 0.262 e. The quantitative estimate of drug-likeness (QED) is 0.495. The highest BCUT2D eigenvalue weighted by atomic mass is 16.2. The molecule has 0 atom stereocenters. The monoisotopic (exact) mass is 305 g/mol. The number of hydrogen-bond acceptors (Lipinski definition) is 3. The number of fused-ring (bicyclic) bond motifs is 1. The molecule has 0 spiro atoms. The summed E-state index contributed by atoms with van der Waals surface area (Å²) in [5.41, 5.74) is 1.26. The van der Waals surface area contributed by atoms with Crippen LogP contribution in [0.1, 0.15) is 43.6 Å². The summed E-state index contributed by atoms with van der Waals surface area (Å²) in [6.07, 6.45) is 3.51. The van der Waals surface area contributed by atoms with E-state index < -0.39 is 5.91 Å². The van der Waals surface area contributed by atoms with E-state index in [1.54, 1.807) is 54.6 Å². The van der Waals surface area contributed by atoms with Crippen molar-refractivity contribution < 1.29 is 14.4 Å². The first-order valence-corrected chi connectivity index (χ1v) is 7.35. The van der Waals surface area contributed by atoms with E-state index in [4.69, 9.17) is 0 Å². The van der Waals surface area contributed by atoms with Crippen LogP contribution in [0.15, 0.2) is 60.7 Å². The molecule has 4 nitrogen and oxygen atoms in total. The Morgan fingerprint density at radius 3 is 2.43 bits per heavy atom. The first-order valence-electron chi connectivity index (χ1n) is 7.35. The standard InChI is InChI=1S/C19H15NO3/c1-2-3-12-20-18(22)15-11-7-10-14(16(15)19(20)23)17(21)13-8-5-4-6-9-13/h2-11H,12H2,1H3. The van der Waals surface area contributed by atoms with Crippen LogP contribution in [0, 0.1) is 0 Å². The number of rotatable bonds is 4. The van der Waals surface area contributed by atoms with Crippen LogP contribution in [-0.4, -0.2) is 29.0 Å². The lowest BCUT2D eigenvalue weighted by Gasteiger charge is -2.10. The van der Waals surface area contributed by atoms with Gasteiger partial charge in [-0.1, -0.05) is 54.6 Å². The molecule has 0 bridgehead atoms. The summed E-state index contributed by atoms with van der Waals surface area (Å²) in [7, 11) is 0. The Kier molecular flexibility index (Phi) is 3.89. The van der Waals surface area contributed by atoms with E-state index in [0.717, 1.165) is 4.90 Å². The molecule has 0 aliphatic carbocycles. The van der Waals surface area contributed by atoms with Gasteiger partial charge in [0.1, 0.15) is 0 Å². The van der Waals surface area contributed by atoms with Gasteiger partial charge in [-0.3, -0.25) is 19.3 Å². The van der Waals surface area contributed by atoms with Crippen molar-refractivity contribution in [2.24, 2.45) is 0 Å². The smallest absolute Gasteiger partial charge is 0.262 e. The molecule has 0 unspecified atom stereocenters. The van der Waals surface area contributed by atoms with Crippen molar-refractivity contribution in [2.45, 2.75) is 6.92 Å². The van der Waals surface area contributed by atoms with Crippen LogP contribution in [-0.2, 0) is 0 Å². The minimum atomic E-state index is -0.414. The van der Waals surface area contributed by atoms with E-state index in [9.17, 15) is 14.4 Å². The van der Waals surface area contributed by atoms with Gasteiger partial charge in [0.05, 0.1) is 11.1 Å². The van der Waals surface area contributed by atoms with Crippen molar-refractivity contribution >= 4 is 17.6 Å². The van der Waals surface area contributed by atoms with Gasteiger partial charge in [0, 0.05) is 17.7 Å². The molecule has 0 N–H and O–H groups in total. The van der Waals surface area contributed by atoms with E-state index >= 15 is 0 Å². The minimum absolute atomic E-state index is 0.204.